The Kier molecular flexibility index (Phi) is 5.28. The highest BCUT2D eigenvalue weighted by atomic mass is 32.1. The molecule has 0 bridgehead atoms. The van der Waals surface area contributed by atoms with E-state index in [9.17, 15) is 4.79 Å². The van der Waals surface area contributed by atoms with Crippen molar-refractivity contribution in [2.24, 2.45) is 0 Å². The minimum Gasteiger partial charge on any atom is -0.342 e. The third kappa shape index (κ3) is 4.01. The van der Waals surface area contributed by atoms with Crippen LogP contribution in [0, 0.1) is 6.92 Å². The van der Waals surface area contributed by atoms with Crippen molar-refractivity contribution in [3.8, 4) is 0 Å². The van der Waals surface area contributed by atoms with Crippen LogP contribution in [0.5, 0.6) is 0 Å². The molecule has 1 amide bonds. The Balaban J connectivity index is 1.56. The number of carbonyl (C=O) groups is 1. The molecule has 1 aliphatic rings. The number of hydrogen-bond acceptors (Lipinski definition) is 6. The van der Waals surface area contributed by atoms with Gasteiger partial charge in [0.25, 0.3) is 0 Å². The second kappa shape index (κ2) is 7.42. The van der Waals surface area contributed by atoms with Gasteiger partial charge in [0.1, 0.15) is 0 Å². The predicted octanol–water partition coefficient (Wildman–Crippen LogP) is 3.30. The number of piperidine rings is 1. The van der Waals surface area contributed by atoms with Gasteiger partial charge in [0, 0.05) is 37.2 Å². The van der Waals surface area contributed by atoms with Crippen molar-refractivity contribution >= 4 is 17.2 Å². The molecule has 0 radical (unpaired) electrons. The van der Waals surface area contributed by atoms with Crippen molar-refractivity contribution in [3.63, 3.8) is 0 Å². The Morgan fingerprint density at radius 3 is 2.96 bits per heavy atom. The molecule has 0 saturated carbocycles. The van der Waals surface area contributed by atoms with Crippen molar-refractivity contribution in [1.29, 1.82) is 0 Å². The van der Waals surface area contributed by atoms with Crippen LogP contribution >= 0.6 is 11.3 Å². The summed E-state index contributed by atoms with van der Waals surface area (Å²) in [5, 5.41) is 7.08. The molecule has 7 heteroatoms. The Bertz CT molecular complexity index is 694. The SMILES string of the molecule is Cc1noc(CCC(=O)N2CCCC(c3nc(C(C)C)cs3)C2)n1. The Hall–Kier alpha value is -1.76. The van der Waals surface area contributed by atoms with Gasteiger partial charge in [-0.2, -0.15) is 4.98 Å². The van der Waals surface area contributed by atoms with Crippen molar-refractivity contribution in [1.82, 2.24) is 20.0 Å². The third-order valence-electron chi connectivity index (χ3n) is 4.38. The van der Waals surface area contributed by atoms with E-state index >= 15 is 0 Å². The maximum absolute atomic E-state index is 12.5. The number of nitrogens with zero attached hydrogens (tertiary/aromatic N) is 4. The van der Waals surface area contributed by atoms with E-state index in [1.165, 1.54) is 5.01 Å². The molecule has 1 aliphatic heterocycles. The highest BCUT2D eigenvalue weighted by Gasteiger charge is 2.27. The molecule has 24 heavy (non-hydrogen) atoms. The van der Waals surface area contributed by atoms with Gasteiger partial charge in [0.2, 0.25) is 11.8 Å². The molecule has 0 aliphatic carbocycles. The molecule has 1 fully saturated rings. The molecule has 0 N–H and O–H groups in total. The topological polar surface area (TPSA) is 72.1 Å². The van der Waals surface area contributed by atoms with Gasteiger partial charge in [-0.3, -0.25) is 4.79 Å². The average molecular weight is 348 g/mol. The minimum atomic E-state index is 0.163. The van der Waals surface area contributed by atoms with Crippen LogP contribution in [0.4, 0.5) is 0 Å². The van der Waals surface area contributed by atoms with Gasteiger partial charge in [-0.05, 0) is 25.7 Å². The summed E-state index contributed by atoms with van der Waals surface area (Å²) >= 11 is 1.73. The third-order valence-corrected chi connectivity index (χ3v) is 5.40. The summed E-state index contributed by atoms with van der Waals surface area (Å²) in [5.41, 5.74) is 1.16. The monoisotopic (exact) mass is 348 g/mol. The molecule has 3 rings (SSSR count). The summed E-state index contributed by atoms with van der Waals surface area (Å²) in [6, 6.07) is 0. The van der Waals surface area contributed by atoms with E-state index < -0.39 is 0 Å². The van der Waals surface area contributed by atoms with Crippen LogP contribution in [0.3, 0.4) is 0 Å². The van der Waals surface area contributed by atoms with Crippen LogP contribution in [0.2, 0.25) is 0 Å². The van der Waals surface area contributed by atoms with E-state index in [4.69, 9.17) is 9.51 Å². The molecule has 2 aromatic rings. The summed E-state index contributed by atoms with van der Waals surface area (Å²) in [4.78, 5) is 23.4. The van der Waals surface area contributed by atoms with Crippen LogP contribution < -0.4 is 0 Å². The second-order valence-electron chi connectivity index (χ2n) is 6.68. The van der Waals surface area contributed by atoms with Crippen LogP contribution in [-0.4, -0.2) is 39.0 Å². The van der Waals surface area contributed by atoms with Gasteiger partial charge >= 0.3 is 0 Å². The fourth-order valence-corrected chi connectivity index (χ4v) is 4.08. The minimum absolute atomic E-state index is 0.163. The summed E-state index contributed by atoms with van der Waals surface area (Å²) in [7, 11) is 0. The highest BCUT2D eigenvalue weighted by Crippen LogP contribution is 2.31. The lowest BCUT2D eigenvalue weighted by Crippen LogP contribution is -2.39. The number of aromatic nitrogens is 3. The zero-order valence-electron chi connectivity index (χ0n) is 14.5. The molecule has 0 aromatic carbocycles. The van der Waals surface area contributed by atoms with E-state index in [-0.39, 0.29) is 5.91 Å². The van der Waals surface area contributed by atoms with E-state index in [0.29, 0.717) is 36.4 Å². The fourth-order valence-electron chi connectivity index (χ4n) is 2.97. The van der Waals surface area contributed by atoms with Gasteiger partial charge in [-0.15, -0.1) is 11.3 Å². The first kappa shape index (κ1) is 17.1. The zero-order chi connectivity index (χ0) is 17.1. The largest absolute Gasteiger partial charge is 0.342 e. The normalized spacial score (nSPS) is 18.3. The molecule has 3 heterocycles. The van der Waals surface area contributed by atoms with Crippen LogP contribution in [0.25, 0.3) is 0 Å². The van der Waals surface area contributed by atoms with Crippen LogP contribution in [0.15, 0.2) is 9.90 Å². The van der Waals surface area contributed by atoms with Crippen molar-refractivity contribution in [3.05, 3.63) is 27.8 Å². The lowest BCUT2D eigenvalue weighted by Gasteiger charge is -2.31. The molecule has 1 saturated heterocycles. The highest BCUT2D eigenvalue weighted by molar-refractivity contribution is 7.09. The number of rotatable bonds is 5. The van der Waals surface area contributed by atoms with E-state index in [2.05, 4.69) is 29.4 Å². The van der Waals surface area contributed by atoms with Crippen LogP contribution in [0.1, 0.15) is 67.4 Å². The molecule has 130 valence electrons. The maximum atomic E-state index is 12.5. The number of hydrogen-bond donors (Lipinski definition) is 0. The summed E-state index contributed by atoms with van der Waals surface area (Å²) in [6.07, 6.45) is 3.07. The Morgan fingerprint density at radius 1 is 1.46 bits per heavy atom. The smallest absolute Gasteiger partial charge is 0.227 e. The molecule has 2 aromatic heterocycles. The molecular weight excluding hydrogens is 324 g/mol. The molecule has 1 atom stereocenters. The van der Waals surface area contributed by atoms with Crippen molar-refractivity contribution in [2.45, 2.75) is 58.3 Å². The van der Waals surface area contributed by atoms with E-state index in [1.54, 1.807) is 18.3 Å². The summed E-state index contributed by atoms with van der Waals surface area (Å²) in [5.74, 6) is 2.13. The number of thiazole rings is 1. The predicted molar refractivity (Wildman–Crippen MR) is 92.1 cm³/mol. The van der Waals surface area contributed by atoms with Gasteiger partial charge in [-0.1, -0.05) is 19.0 Å². The van der Waals surface area contributed by atoms with Crippen molar-refractivity contribution in [2.75, 3.05) is 13.1 Å². The fraction of sp³-hybridized carbons (Fsp3) is 0.647. The standard InChI is InChI=1S/C17H24N4O2S/c1-11(2)14-10-24-17(19-14)13-5-4-8-21(9-13)16(22)7-6-15-18-12(3)20-23-15/h10-11,13H,4-9H2,1-3H3. The molecular formula is C17H24N4O2S. The van der Waals surface area contributed by atoms with Gasteiger partial charge in [-0.25, -0.2) is 4.98 Å². The number of carbonyl (C=O) groups excluding carboxylic acids is 1. The molecule has 6 nitrogen and oxygen atoms in total. The number of aryl methyl sites for hydroxylation is 2. The molecule has 1 unspecified atom stereocenters. The maximum Gasteiger partial charge on any atom is 0.227 e. The lowest BCUT2D eigenvalue weighted by atomic mass is 9.98. The van der Waals surface area contributed by atoms with Gasteiger partial charge in [0.05, 0.1) is 10.7 Å². The quantitative estimate of drug-likeness (QED) is 0.829. The summed E-state index contributed by atoms with van der Waals surface area (Å²) < 4.78 is 5.08. The Morgan fingerprint density at radius 2 is 2.29 bits per heavy atom. The summed E-state index contributed by atoms with van der Waals surface area (Å²) in [6.45, 7) is 7.71. The first-order chi connectivity index (χ1) is 11.5. The van der Waals surface area contributed by atoms with E-state index in [0.717, 1.165) is 31.6 Å². The first-order valence-corrected chi connectivity index (χ1v) is 9.43. The Labute approximate surface area is 146 Å². The second-order valence-corrected chi connectivity index (χ2v) is 7.57. The van der Waals surface area contributed by atoms with Crippen molar-refractivity contribution < 1.29 is 9.32 Å². The zero-order valence-corrected chi connectivity index (χ0v) is 15.3. The van der Waals surface area contributed by atoms with Crippen LogP contribution in [-0.2, 0) is 11.2 Å². The first-order valence-electron chi connectivity index (χ1n) is 8.55. The average Bonchev–Trinajstić information content (AvgIpc) is 3.22. The molecule has 0 spiro atoms. The van der Waals surface area contributed by atoms with Gasteiger partial charge < -0.3 is 9.42 Å². The lowest BCUT2D eigenvalue weighted by molar-refractivity contribution is -0.132. The number of amides is 1. The van der Waals surface area contributed by atoms with Gasteiger partial charge in [0.15, 0.2) is 5.82 Å². The number of likely N-dealkylation sites (tertiary alicyclic amines) is 1. The van der Waals surface area contributed by atoms with E-state index in [1.807, 2.05) is 4.90 Å².